The van der Waals surface area contributed by atoms with E-state index in [0.29, 0.717) is 22.2 Å². The number of benzene rings is 1. The van der Waals surface area contributed by atoms with Crippen LogP contribution in [0.5, 0.6) is 0 Å². The van der Waals surface area contributed by atoms with Gasteiger partial charge in [-0.25, -0.2) is 14.6 Å². The Kier molecular flexibility index (Phi) is 6.57. The van der Waals surface area contributed by atoms with E-state index in [2.05, 4.69) is 25.5 Å². The van der Waals surface area contributed by atoms with Crippen molar-refractivity contribution in [1.82, 2.24) is 29.5 Å². The number of nitrogens with one attached hydrogen (secondary N) is 3. The van der Waals surface area contributed by atoms with E-state index in [1.807, 2.05) is 25.2 Å². The second-order valence-corrected chi connectivity index (χ2v) is 7.63. The number of methoxy groups -OCH3 is 1. The highest BCUT2D eigenvalue weighted by Gasteiger charge is 2.16. The van der Waals surface area contributed by atoms with Crippen molar-refractivity contribution in [2.24, 2.45) is 7.05 Å². The molecule has 168 valence electrons. The van der Waals surface area contributed by atoms with Gasteiger partial charge < -0.3 is 10.1 Å². The van der Waals surface area contributed by atoms with E-state index in [4.69, 9.17) is 27.2 Å². The SMILES string of the molecule is CO[C@@H](CC(=N)n1ncc(-c2ccnc(Nc3ccnn3C)n2)cc1=N)c1ccc(Cl)cc1. The summed E-state index contributed by atoms with van der Waals surface area (Å²) in [5.41, 5.74) is 2.19. The summed E-state index contributed by atoms with van der Waals surface area (Å²) in [5.74, 6) is 1.28. The first-order valence-electron chi connectivity index (χ1n) is 10.0. The van der Waals surface area contributed by atoms with Crippen LogP contribution in [0.2, 0.25) is 5.02 Å². The van der Waals surface area contributed by atoms with Crippen LogP contribution in [-0.2, 0) is 11.8 Å². The minimum atomic E-state index is -0.356. The molecule has 3 heterocycles. The summed E-state index contributed by atoms with van der Waals surface area (Å²) >= 11 is 5.96. The molecule has 0 spiro atoms. The lowest BCUT2D eigenvalue weighted by Gasteiger charge is -2.17. The molecule has 1 aromatic carbocycles. The van der Waals surface area contributed by atoms with Gasteiger partial charge in [0.1, 0.15) is 17.1 Å². The first-order valence-corrected chi connectivity index (χ1v) is 10.4. The Morgan fingerprint density at radius 2 is 1.94 bits per heavy atom. The molecule has 1 atom stereocenters. The lowest BCUT2D eigenvalue weighted by molar-refractivity contribution is 0.108. The zero-order valence-electron chi connectivity index (χ0n) is 18.0. The molecule has 3 N–H and O–H groups in total. The van der Waals surface area contributed by atoms with Crippen molar-refractivity contribution in [3.63, 3.8) is 0 Å². The molecular formula is C22H22ClN9O. The van der Waals surface area contributed by atoms with Crippen LogP contribution in [0, 0.1) is 10.8 Å². The van der Waals surface area contributed by atoms with E-state index in [1.165, 1.54) is 4.68 Å². The summed E-state index contributed by atoms with van der Waals surface area (Å²) in [4.78, 5) is 8.74. The van der Waals surface area contributed by atoms with E-state index < -0.39 is 0 Å². The number of halogens is 1. The van der Waals surface area contributed by atoms with Gasteiger partial charge in [-0.3, -0.25) is 15.5 Å². The molecule has 0 saturated heterocycles. The zero-order valence-corrected chi connectivity index (χ0v) is 18.8. The van der Waals surface area contributed by atoms with E-state index in [-0.39, 0.29) is 23.8 Å². The van der Waals surface area contributed by atoms with Gasteiger partial charge in [-0.2, -0.15) is 10.2 Å². The van der Waals surface area contributed by atoms with Crippen LogP contribution in [0.15, 0.2) is 61.1 Å². The van der Waals surface area contributed by atoms with Crippen molar-refractivity contribution in [2.75, 3.05) is 12.4 Å². The molecule has 0 saturated carbocycles. The van der Waals surface area contributed by atoms with Crippen LogP contribution in [0.4, 0.5) is 11.8 Å². The average molecular weight is 464 g/mol. The van der Waals surface area contributed by atoms with Crippen LogP contribution >= 0.6 is 11.6 Å². The van der Waals surface area contributed by atoms with Gasteiger partial charge in [0.25, 0.3) is 0 Å². The second-order valence-electron chi connectivity index (χ2n) is 7.20. The largest absolute Gasteiger partial charge is 0.376 e. The number of anilines is 2. The first kappa shape index (κ1) is 22.3. The number of ether oxygens (including phenoxy) is 1. The van der Waals surface area contributed by atoms with Crippen molar-refractivity contribution in [3.05, 3.63) is 77.1 Å². The van der Waals surface area contributed by atoms with Crippen molar-refractivity contribution in [3.8, 4) is 11.3 Å². The number of hydrogen-bond donors (Lipinski definition) is 3. The Morgan fingerprint density at radius 3 is 2.61 bits per heavy atom. The van der Waals surface area contributed by atoms with Crippen molar-refractivity contribution in [1.29, 1.82) is 10.8 Å². The molecule has 3 aromatic heterocycles. The van der Waals surface area contributed by atoms with Crippen molar-refractivity contribution in [2.45, 2.75) is 12.5 Å². The summed E-state index contributed by atoms with van der Waals surface area (Å²) in [5, 5.41) is 29.0. The maximum atomic E-state index is 8.47. The standard InChI is InChI=1S/C22H22ClN9O/c1-31-21(8-10-27-31)30-22-26-9-7-17(29-22)15-11-19(24)32(28-13-15)20(25)12-18(33-2)14-3-5-16(23)6-4-14/h3-11,13,18,24-25H,12H2,1-2H3,(H,26,29,30)/t18-/m0/s1. The Balaban J connectivity index is 1.52. The molecule has 33 heavy (non-hydrogen) atoms. The Hall–Kier alpha value is -3.89. The third-order valence-corrected chi connectivity index (χ3v) is 5.26. The van der Waals surface area contributed by atoms with E-state index >= 15 is 0 Å². The van der Waals surface area contributed by atoms with Gasteiger partial charge in [-0.1, -0.05) is 23.7 Å². The monoisotopic (exact) mass is 463 g/mol. The first-order chi connectivity index (χ1) is 15.9. The molecule has 10 nitrogen and oxygen atoms in total. The summed E-state index contributed by atoms with van der Waals surface area (Å²) < 4.78 is 8.49. The maximum Gasteiger partial charge on any atom is 0.228 e. The normalized spacial score (nSPS) is 11.8. The molecule has 0 bridgehead atoms. The molecule has 0 amide bonds. The quantitative estimate of drug-likeness (QED) is 0.284. The molecule has 4 aromatic rings. The fourth-order valence-corrected chi connectivity index (χ4v) is 3.38. The molecular weight excluding hydrogens is 442 g/mol. The number of aromatic nitrogens is 6. The number of hydrogen-bond acceptors (Lipinski definition) is 8. The third kappa shape index (κ3) is 5.13. The van der Waals surface area contributed by atoms with Gasteiger partial charge in [0.15, 0.2) is 0 Å². The van der Waals surface area contributed by atoms with E-state index in [1.54, 1.807) is 54.6 Å². The highest BCUT2D eigenvalue weighted by molar-refractivity contribution is 6.30. The maximum absolute atomic E-state index is 8.47. The topological polar surface area (TPSA) is 130 Å². The highest BCUT2D eigenvalue weighted by atomic mass is 35.5. The van der Waals surface area contributed by atoms with Crippen LogP contribution in [-0.4, -0.2) is 42.5 Å². The summed E-state index contributed by atoms with van der Waals surface area (Å²) in [6.45, 7) is 0. The zero-order chi connectivity index (χ0) is 23.4. The van der Waals surface area contributed by atoms with Crippen molar-refractivity contribution < 1.29 is 4.74 Å². The second kappa shape index (κ2) is 9.72. The number of rotatable bonds is 7. The minimum absolute atomic E-state index is 0.0585. The fraction of sp³-hybridized carbons (Fsp3) is 0.182. The Morgan fingerprint density at radius 1 is 1.15 bits per heavy atom. The lowest BCUT2D eigenvalue weighted by Crippen LogP contribution is -2.30. The van der Waals surface area contributed by atoms with Crippen LogP contribution < -0.4 is 10.8 Å². The van der Waals surface area contributed by atoms with Gasteiger partial charge >= 0.3 is 0 Å². The van der Waals surface area contributed by atoms with Crippen LogP contribution in [0.3, 0.4) is 0 Å². The van der Waals surface area contributed by atoms with Crippen molar-refractivity contribution >= 4 is 29.2 Å². The summed E-state index contributed by atoms with van der Waals surface area (Å²) in [7, 11) is 3.40. The molecule has 0 unspecified atom stereocenters. The van der Waals surface area contributed by atoms with Crippen LogP contribution in [0.1, 0.15) is 18.1 Å². The van der Waals surface area contributed by atoms with E-state index in [9.17, 15) is 0 Å². The molecule has 0 aliphatic rings. The lowest BCUT2D eigenvalue weighted by atomic mass is 10.1. The number of nitrogens with zero attached hydrogens (tertiary/aromatic N) is 6. The molecule has 0 fully saturated rings. The van der Waals surface area contributed by atoms with Gasteiger partial charge in [0, 0.05) is 43.4 Å². The minimum Gasteiger partial charge on any atom is -0.376 e. The average Bonchev–Trinajstić information content (AvgIpc) is 3.22. The Labute approximate surface area is 194 Å². The van der Waals surface area contributed by atoms with Gasteiger partial charge in [0.05, 0.1) is 24.2 Å². The molecule has 0 aliphatic heterocycles. The van der Waals surface area contributed by atoms with Crippen LogP contribution in [0.25, 0.3) is 11.3 Å². The number of aryl methyl sites for hydroxylation is 1. The Bertz CT molecular complexity index is 1330. The molecule has 11 heteroatoms. The molecule has 4 rings (SSSR count). The molecule has 0 aliphatic carbocycles. The predicted octanol–water partition coefficient (Wildman–Crippen LogP) is 3.55. The van der Waals surface area contributed by atoms with Gasteiger partial charge in [-0.15, -0.1) is 0 Å². The third-order valence-electron chi connectivity index (χ3n) is 5.01. The fourth-order valence-electron chi connectivity index (χ4n) is 3.25. The van der Waals surface area contributed by atoms with E-state index in [0.717, 1.165) is 11.4 Å². The van der Waals surface area contributed by atoms with Gasteiger partial charge in [0.2, 0.25) is 5.95 Å². The smallest absolute Gasteiger partial charge is 0.228 e. The van der Waals surface area contributed by atoms with Gasteiger partial charge in [-0.05, 0) is 29.8 Å². The molecule has 0 radical (unpaired) electrons. The summed E-state index contributed by atoms with van der Waals surface area (Å²) in [6.07, 6.45) is 4.77. The summed E-state index contributed by atoms with van der Waals surface area (Å²) in [6, 6.07) is 12.4. The highest BCUT2D eigenvalue weighted by Crippen LogP contribution is 2.23. The predicted molar refractivity (Wildman–Crippen MR) is 125 cm³/mol.